The zero-order valence-electron chi connectivity index (χ0n) is 15.3. The molecule has 0 aromatic heterocycles. The van der Waals surface area contributed by atoms with Gasteiger partial charge in [-0.1, -0.05) is 49.6 Å². The number of nitrogens with zero attached hydrogens (tertiary/aromatic N) is 1. The molecule has 3 nitrogen and oxygen atoms in total. The Bertz CT molecular complexity index is 684. The summed E-state index contributed by atoms with van der Waals surface area (Å²) in [5, 5.41) is 6.22. The van der Waals surface area contributed by atoms with Gasteiger partial charge in [0.05, 0.1) is 7.11 Å². The van der Waals surface area contributed by atoms with Gasteiger partial charge in [-0.05, 0) is 35.6 Å². The number of hydrogen-bond acceptors (Lipinski definition) is 3. The van der Waals surface area contributed by atoms with E-state index in [1.54, 1.807) is 0 Å². The minimum Gasteiger partial charge on any atom is -0.496 e. The van der Waals surface area contributed by atoms with E-state index in [2.05, 4.69) is 46.6 Å². The molecule has 0 amide bonds. The van der Waals surface area contributed by atoms with Crippen molar-refractivity contribution < 1.29 is 4.74 Å². The molecular weight excluding hydrogens is 308 g/mol. The Morgan fingerprint density at radius 2 is 1.76 bits per heavy atom. The van der Waals surface area contributed by atoms with Gasteiger partial charge >= 0.3 is 0 Å². The van der Waals surface area contributed by atoms with Gasteiger partial charge in [0.1, 0.15) is 5.75 Å². The second-order valence-electron chi connectivity index (χ2n) is 7.53. The van der Waals surface area contributed by atoms with Crippen LogP contribution in [-0.2, 0) is 0 Å². The minimum atomic E-state index is 0.475. The molecule has 2 aromatic rings. The Morgan fingerprint density at radius 3 is 2.52 bits per heavy atom. The molecule has 0 radical (unpaired) electrons. The van der Waals surface area contributed by atoms with Crippen molar-refractivity contribution >= 4 is 10.8 Å². The smallest absolute Gasteiger partial charge is 0.124 e. The number of benzene rings is 2. The van der Waals surface area contributed by atoms with Gasteiger partial charge in [-0.3, -0.25) is 4.90 Å². The largest absolute Gasteiger partial charge is 0.496 e. The lowest BCUT2D eigenvalue weighted by atomic mass is 9.78. The van der Waals surface area contributed by atoms with Crippen LogP contribution in [0, 0.1) is 5.92 Å². The Labute approximate surface area is 151 Å². The van der Waals surface area contributed by atoms with E-state index in [1.165, 1.54) is 48.4 Å². The van der Waals surface area contributed by atoms with E-state index in [9.17, 15) is 0 Å². The number of nitrogens with one attached hydrogen (secondary N) is 1. The Morgan fingerprint density at radius 1 is 1.00 bits per heavy atom. The standard InChI is InChI=1S/C22H30N2O/c1-25-20-12-11-17-7-5-6-10-19(17)21(20)22(18-8-3-2-4-9-18)24-15-13-23-14-16-24/h5-7,10-12,18,22-23H,2-4,8-9,13-16H2,1H3/t22-/m0/s1. The van der Waals surface area contributed by atoms with Crippen LogP contribution in [0.3, 0.4) is 0 Å². The fourth-order valence-corrected chi connectivity index (χ4v) is 4.89. The van der Waals surface area contributed by atoms with E-state index in [-0.39, 0.29) is 0 Å². The van der Waals surface area contributed by atoms with Crippen LogP contribution in [0.2, 0.25) is 0 Å². The van der Waals surface area contributed by atoms with Crippen LogP contribution < -0.4 is 10.1 Å². The van der Waals surface area contributed by atoms with Crippen molar-refractivity contribution in [1.82, 2.24) is 10.2 Å². The van der Waals surface area contributed by atoms with Gasteiger partial charge in [-0.15, -0.1) is 0 Å². The first-order valence-corrected chi connectivity index (χ1v) is 9.89. The number of hydrogen-bond donors (Lipinski definition) is 1. The molecule has 1 saturated heterocycles. The first-order valence-electron chi connectivity index (χ1n) is 9.89. The number of methoxy groups -OCH3 is 1. The van der Waals surface area contributed by atoms with Crippen molar-refractivity contribution in [3.63, 3.8) is 0 Å². The van der Waals surface area contributed by atoms with Crippen molar-refractivity contribution in [2.45, 2.75) is 38.1 Å². The first-order chi connectivity index (χ1) is 12.4. The van der Waals surface area contributed by atoms with Crippen molar-refractivity contribution in [1.29, 1.82) is 0 Å². The SMILES string of the molecule is COc1ccc2ccccc2c1[C@H](C1CCCCC1)N1CCNCC1. The van der Waals surface area contributed by atoms with E-state index in [4.69, 9.17) is 4.74 Å². The molecule has 2 aromatic carbocycles. The van der Waals surface area contributed by atoms with E-state index >= 15 is 0 Å². The van der Waals surface area contributed by atoms with Gasteiger partial charge in [0.2, 0.25) is 0 Å². The topological polar surface area (TPSA) is 24.5 Å². The second-order valence-corrected chi connectivity index (χ2v) is 7.53. The maximum atomic E-state index is 5.87. The third kappa shape index (κ3) is 3.40. The van der Waals surface area contributed by atoms with Crippen molar-refractivity contribution in [3.8, 4) is 5.75 Å². The fraction of sp³-hybridized carbons (Fsp3) is 0.545. The summed E-state index contributed by atoms with van der Waals surface area (Å²) in [6.07, 6.45) is 6.85. The van der Waals surface area contributed by atoms with Crippen LogP contribution in [-0.4, -0.2) is 38.2 Å². The van der Waals surface area contributed by atoms with Gasteiger partial charge in [0.15, 0.2) is 0 Å². The normalized spacial score (nSPS) is 21.3. The van der Waals surface area contributed by atoms with E-state index in [1.807, 2.05) is 7.11 Å². The maximum absolute atomic E-state index is 5.87. The zero-order chi connectivity index (χ0) is 17.1. The van der Waals surface area contributed by atoms with Gasteiger partial charge in [-0.2, -0.15) is 0 Å². The third-order valence-corrected chi connectivity index (χ3v) is 6.09. The predicted molar refractivity (Wildman–Crippen MR) is 104 cm³/mol. The van der Waals surface area contributed by atoms with Crippen molar-refractivity contribution in [2.24, 2.45) is 5.92 Å². The van der Waals surface area contributed by atoms with Gasteiger partial charge in [0, 0.05) is 37.8 Å². The second kappa shape index (κ2) is 7.76. The van der Waals surface area contributed by atoms with Crippen LogP contribution >= 0.6 is 0 Å². The summed E-state index contributed by atoms with van der Waals surface area (Å²) < 4.78 is 5.87. The van der Waals surface area contributed by atoms with Gasteiger partial charge in [-0.25, -0.2) is 0 Å². The summed E-state index contributed by atoms with van der Waals surface area (Å²) in [6, 6.07) is 13.7. The van der Waals surface area contributed by atoms with Crippen LogP contribution in [0.5, 0.6) is 5.75 Å². The average Bonchev–Trinajstić information content (AvgIpc) is 2.70. The zero-order valence-corrected chi connectivity index (χ0v) is 15.3. The molecule has 2 aliphatic rings. The molecule has 1 aliphatic heterocycles. The molecule has 1 aliphatic carbocycles. The minimum absolute atomic E-state index is 0.475. The highest BCUT2D eigenvalue weighted by Crippen LogP contribution is 2.44. The fourth-order valence-electron chi connectivity index (χ4n) is 4.89. The molecule has 0 spiro atoms. The number of ether oxygens (including phenoxy) is 1. The van der Waals surface area contributed by atoms with Crippen molar-refractivity contribution in [3.05, 3.63) is 42.0 Å². The van der Waals surface area contributed by atoms with Crippen molar-refractivity contribution in [2.75, 3.05) is 33.3 Å². The Balaban J connectivity index is 1.84. The molecule has 1 heterocycles. The number of rotatable bonds is 4. The quantitative estimate of drug-likeness (QED) is 0.895. The molecule has 3 heteroatoms. The number of piperazine rings is 1. The molecule has 1 saturated carbocycles. The summed E-state index contributed by atoms with van der Waals surface area (Å²) in [7, 11) is 1.82. The Hall–Kier alpha value is -1.58. The average molecular weight is 338 g/mol. The monoisotopic (exact) mass is 338 g/mol. The molecule has 134 valence electrons. The lowest BCUT2D eigenvalue weighted by Crippen LogP contribution is -2.47. The molecule has 0 bridgehead atoms. The summed E-state index contributed by atoms with van der Waals surface area (Å²) in [5.74, 6) is 1.80. The predicted octanol–water partition coefficient (Wildman–Crippen LogP) is 4.38. The molecule has 1 N–H and O–H groups in total. The lowest BCUT2D eigenvalue weighted by Gasteiger charge is -2.42. The van der Waals surface area contributed by atoms with Crippen LogP contribution in [0.25, 0.3) is 10.8 Å². The van der Waals surface area contributed by atoms with Crippen LogP contribution in [0.1, 0.15) is 43.7 Å². The van der Waals surface area contributed by atoms with Crippen LogP contribution in [0.4, 0.5) is 0 Å². The molecule has 2 fully saturated rings. The molecule has 25 heavy (non-hydrogen) atoms. The molecule has 4 rings (SSSR count). The van der Waals surface area contributed by atoms with E-state index in [0.717, 1.165) is 37.8 Å². The summed E-state index contributed by atoms with van der Waals surface area (Å²) in [6.45, 7) is 4.45. The first kappa shape index (κ1) is 16.9. The highest BCUT2D eigenvalue weighted by Gasteiger charge is 2.33. The summed E-state index contributed by atoms with van der Waals surface area (Å²) in [4.78, 5) is 2.72. The molecule has 0 unspecified atom stereocenters. The summed E-state index contributed by atoms with van der Waals surface area (Å²) >= 11 is 0. The Kier molecular flexibility index (Phi) is 5.23. The van der Waals surface area contributed by atoms with Gasteiger partial charge < -0.3 is 10.1 Å². The maximum Gasteiger partial charge on any atom is 0.124 e. The van der Waals surface area contributed by atoms with Crippen LogP contribution in [0.15, 0.2) is 36.4 Å². The highest BCUT2D eigenvalue weighted by molar-refractivity contribution is 5.88. The highest BCUT2D eigenvalue weighted by atomic mass is 16.5. The van der Waals surface area contributed by atoms with Gasteiger partial charge in [0.25, 0.3) is 0 Å². The van der Waals surface area contributed by atoms with E-state index in [0.29, 0.717) is 6.04 Å². The lowest BCUT2D eigenvalue weighted by molar-refractivity contribution is 0.102. The van der Waals surface area contributed by atoms with E-state index < -0.39 is 0 Å². The number of fused-ring (bicyclic) bond motifs is 1. The molecule has 1 atom stereocenters. The summed E-state index contributed by atoms with van der Waals surface area (Å²) in [5.41, 5.74) is 1.43. The molecular formula is C22H30N2O. The third-order valence-electron chi connectivity index (χ3n) is 6.09.